The summed E-state index contributed by atoms with van der Waals surface area (Å²) in [7, 11) is -2.51. The number of likely N-dealkylation sites (N-methyl/N-ethyl adjacent to an activating group) is 1. The molecule has 3 heterocycles. The molecule has 0 radical (unpaired) electrons. The van der Waals surface area contributed by atoms with Gasteiger partial charge < -0.3 is 19.1 Å². The molecule has 10 nitrogen and oxygen atoms in total. The van der Waals surface area contributed by atoms with Crippen LogP contribution in [0.1, 0.15) is 23.1 Å². The van der Waals surface area contributed by atoms with E-state index in [0.29, 0.717) is 28.0 Å². The van der Waals surface area contributed by atoms with Crippen LogP contribution in [0.2, 0.25) is 0 Å². The van der Waals surface area contributed by atoms with E-state index >= 15 is 0 Å². The van der Waals surface area contributed by atoms with Crippen LogP contribution in [-0.2, 0) is 22.9 Å². The first-order valence-electron chi connectivity index (χ1n) is 13.6. The van der Waals surface area contributed by atoms with Crippen molar-refractivity contribution in [2.75, 3.05) is 20.2 Å². The van der Waals surface area contributed by atoms with Crippen molar-refractivity contribution in [3.8, 4) is 5.75 Å². The topological polar surface area (TPSA) is 124 Å². The van der Waals surface area contributed by atoms with Gasteiger partial charge in [-0.2, -0.15) is 22.7 Å². The molecule has 15 heteroatoms. The van der Waals surface area contributed by atoms with E-state index in [9.17, 15) is 26.9 Å². The molecule has 2 atom stereocenters. The molecule has 6 rings (SSSR count). The molecule has 2 aliphatic rings. The third-order valence-corrected chi connectivity index (χ3v) is 8.28. The fourth-order valence-corrected chi connectivity index (χ4v) is 6.39. The van der Waals surface area contributed by atoms with Crippen molar-refractivity contribution in [2.45, 2.75) is 18.8 Å². The van der Waals surface area contributed by atoms with E-state index in [1.165, 1.54) is 13.1 Å². The van der Waals surface area contributed by atoms with Gasteiger partial charge in [-0.15, -0.1) is 0 Å². The van der Waals surface area contributed by atoms with E-state index in [-0.39, 0.29) is 41.2 Å². The molecule has 2 aliphatic heterocycles. The Bertz CT molecular complexity index is 1860. The number of phosphoric acid groups is 1. The number of halogens is 4. The van der Waals surface area contributed by atoms with Crippen molar-refractivity contribution < 1.29 is 45.2 Å². The van der Waals surface area contributed by atoms with Gasteiger partial charge in [0.25, 0.3) is 5.91 Å². The van der Waals surface area contributed by atoms with Crippen molar-refractivity contribution in [1.29, 1.82) is 0 Å². The number of ether oxygens (including phenoxy) is 1. The van der Waals surface area contributed by atoms with E-state index < -0.39 is 38.5 Å². The van der Waals surface area contributed by atoms with E-state index in [2.05, 4.69) is 20.8 Å². The molecule has 0 aliphatic carbocycles. The lowest BCUT2D eigenvalue weighted by molar-refractivity contribution is -0.123. The molecule has 1 saturated heterocycles. The Morgan fingerprint density at radius 3 is 2.44 bits per heavy atom. The van der Waals surface area contributed by atoms with Crippen LogP contribution in [0.3, 0.4) is 0 Å². The summed E-state index contributed by atoms with van der Waals surface area (Å²) in [5.74, 6) is -1.13. The Kier molecular flexibility index (Phi) is 8.12. The second kappa shape index (κ2) is 12.0. The molecule has 1 amide bonds. The Morgan fingerprint density at radius 2 is 1.76 bits per heavy atom. The van der Waals surface area contributed by atoms with Gasteiger partial charge in [0.1, 0.15) is 12.4 Å². The van der Waals surface area contributed by atoms with Gasteiger partial charge in [-0.05, 0) is 52.1 Å². The number of phosphoric ester groups is 1. The number of H-pyrrole nitrogens is 1. The molecule has 1 fully saturated rings. The lowest BCUT2D eigenvalue weighted by Gasteiger charge is -2.19. The Labute approximate surface area is 253 Å². The molecule has 2 bridgehead atoms. The smallest absolute Gasteiger partial charge is 0.492 e. The van der Waals surface area contributed by atoms with Gasteiger partial charge in [-0.25, -0.2) is 9.09 Å². The Morgan fingerprint density at radius 1 is 1.02 bits per heavy atom. The number of nitrogens with zero attached hydrogens (tertiary/aromatic N) is 1. The molecule has 3 N–H and O–H groups in total. The summed E-state index contributed by atoms with van der Waals surface area (Å²) in [5.41, 5.74) is 1.85. The lowest BCUT2D eigenvalue weighted by Crippen LogP contribution is -2.36. The molecular weight excluding hydrogens is 619 g/mol. The minimum Gasteiger partial charge on any atom is -0.492 e. The number of fused-ring (bicyclic) bond motifs is 3. The van der Waals surface area contributed by atoms with Crippen LogP contribution in [0.15, 0.2) is 84.3 Å². The third-order valence-electron chi connectivity index (χ3n) is 6.98. The number of alkyl halides is 3. The average Bonchev–Trinajstić information content (AvgIpc) is 3.68. The molecular formula is C30H25F4N4O6P. The first-order chi connectivity index (χ1) is 21.5. The van der Waals surface area contributed by atoms with Crippen molar-refractivity contribution in [3.05, 3.63) is 107 Å². The van der Waals surface area contributed by atoms with Gasteiger partial charge in [0.15, 0.2) is 6.23 Å². The number of rotatable bonds is 10. The number of hydrogen-bond donors (Lipinski definition) is 3. The second-order valence-corrected chi connectivity index (χ2v) is 11.5. The second-order valence-electron chi connectivity index (χ2n) is 10.00. The van der Waals surface area contributed by atoms with Gasteiger partial charge >= 0.3 is 14.0 Å². The number of hydrogen-bond acceptors (Lipinski definition) is 8. The monoisotopic (exact) mass is 644 g/mol. The molecule has 4 aromatic rings. The number of benzene rings is 3. The number of carbonyl (C=O) groups excluding carboxylic acids is 1. The zero-order valence-corrected chi connectivity index (χ0v) is 24.4. The number of aromatic nitrogens is 2. The number of amides is 1. The normalized spacial score (nSPS) is 19.7. The first-order valence-corrected chi connectivity index (χ1v) is 15.1. The summed E-state index contributed by atoms with van der Waals surface area (Å²) < 4.78 is 89.7. The highest BCUT2D eigenvalue weighted by Gasteiger charge is 2.55. The molecule has 0 spiro atoms. The van der Waals surface area contributed by atoms with Crippen molar-refractivity contribution in [2.24, 2.45) is 0 Å². The molecule has 3 aromatic carbocycles. The van der Waals surface area contributed by atoms with Crippen LogP contribution in [0.4, 0.5) is 17.6 Å². The fourth-order valence-electron chi connectivity index (χ4n) is 5.02. The van der Waals surface area contributed by atoms with Gasteiger partial charge in [0, 0.05) is 13.6 Å². The predicted octanol–water partition coefficient (Wildman–Crippen LogP) is 6.05. The third kappa shape index (κ3) is 6.44. The number of aromatic amines is 1. The Balaban J connectivity index is 1.25. The minimum atomic E-state index is -4.53. The fraction of sp³-hybridized carbons (Fsp3) is 0.200. The number of carbonyl (C=O) groups is 1. The highest BCUT2D eigenvalue weighted by atomic mass is 31.2. The number of allylic oxidation sites excluding steroid dienone is 1. The van der Waals surface area contributed by atoms with Gasteiger partial charge in [-0.3, -0.25) is 15.2 Å². The van der Waals surface area contributed by atoms with Crippen LogP contribution in [0.5, 0.6) is 5.75 Å². The molecule has 1 aromatic heterocycles. The summed E-state index contributed by atoms with van der Waals surface area (Å²) in [6, 6.07) is 19.3. The van der Waals surface area contributed by atoms with Crippen LogP contribution < -0.4 is 15.4 Å². The summed E-state index contributed by atoms with van der Waals surface area (Å²) in [5, 5.41) is 11.6. The van der Waals surface area contributed by atoms with Crippen LogP contribution in [-0.4, -0.2) is 48.7 Å². The van der Waals surface area contributed by atoms with Crippen molar-refractivity contribution in [3.63, 3.8) is 0 Å². The highest BCUT2D eigenvalue weighted by Crippen LogP contribution is 2.65. The quantitative estimate of drug-likeness (QED) is 0.0826. The lowest BCUT2D eigenvalue weighted by atomic mass is 9.87. The maximum absolute atomic E-state index is 14.4. The average molecular weight is 645 g/mol. The maximum Gasteiger partial charge on any atom is 0.589 e. The van der Waals surface area contributed by atoms with E-state index in [4.69, 9.17) is 18.3 Å². The van der Waals surface area contributed by atoms with Gasteiger partial charge in [0.2, 0.25) is 17.5 Å². The molecule has 45 heavy (non-hydrogen) atoms. The van der Waals surface area contributed by atoms with E-state index in [1.807, 2.05) is 0 Å². The predicted molar refractivity (Wildman–Crippen MR) is 155 cm³/mol. The maximum atomic E-state index is 14.4. The Hall–Kier alpha value is -4.65. The summed E-state index contributed by atoms with van der Waals surface area (Å²) in [4.78, 5) is 11.9. The van der Waals surface area contributed by atoms with Crippen molar-refractivity contribution >= 4 is 35.8 Å². The first kappa shape index (κ1) is 30.4. The minimum absolute atomic E-state index is 0.0192. The zero-order chi connectivity index (χ0) is 31.8. The molecule has 2 unspecified atom stereocenters. The summed E-state index contributed by atoms with van der Waals surface area (Å²) >= 11 is 0. The summed E-state index contributed by atoms with van der Waals surface area (Å²) in [6.45, 7) is 0.293. The van der Waals surface area contributed by atoms with Crippen molar-refractivity contribution in [1.82, 2.24) is 20.8 Å². The van der Waals surface area contributed by atoms with Crippen LogP contribution >= 0.6 is 7.82 Å². The summed E-state index contributed by atoms with van der Waals surface area (Å²) in [6.07, 6.45) is -6.72. The zero-order valence-electron chi connectivity index (χ0n) is 23.5. The highest BCUT2D eigenvalue weighted by molar-refractivity contribution is 7.49. The largest absolute Gasteiger partial charge is 0.589 e. The molecule has 234 valence electrons. The van der Waals surface area contributed by atoms with Gasteiger partial charge in [-0.1, -0.05) is 48.5 Å². The van der Waals surface area contributed by atoms with Gasteiger partial charge in [0.05, 0.1) is 17.3 Å². The number of nitrogens with one attached hydrogen (secondary N) is 3. The SMILES string of the molecule is CNC(=O)C1=C2OP(=O)(O1)OC2NCCOc1ccc(/C(=C(/CC(F)(F)F)c2ccccc2)c2ccc3n[nH]c(F)c3c2)cc1. The van der Waals surface area contributed by atoms with E-state index in [0.717, 1.165) is 0 Å². The standard InChI is InChI=1S/C30H25F4N4O6P/c1-35-28(39)25-26-29(44-45(40,42-25)43-26)36-13-14-41-20-10-7-18(8-11-20)24(19-9-12-23-21(15-19)27(31)38-37-23)22(16-30(32,33)34)17-5-3-2-4-6-17/h2-12,15,29,36H,13-14,16H2,1H3,(H,35,39)(H,37,38)/b24-22+. The van der Waals surface area contributed by atoms with E-state index in [1.54, 1.807) is 66.7 Å². The molecule has 0 saturated carbocycles. The van der Waals surface area contributed by atoms with Crippen LogP contribution in [0.25, 0.3) is 22.0 Å². The van der Waals surface area contributed by atoms with Crippen LogP contribution in [0, 0.1) is 5.95 Å².